The summed E-state index contributed by atoms with van der Waals surface area (Å²) >= 11 is 1.45. The largest absolute Gasteiger partial charge is 0.383 e. The van der Waals surface area contributed by atoms with Gasteiger partial charge in [0.25, 0.3) is 0 Å². The van der Waals surface area contributed by atoms with Gasteiger partial charge in [-0.3, -0.25) is 0 Å². The van der Waals surface area contributed by atoms with Gasteiger partial charge in [-0.25, -0.2) is 0 Å². The third kappa shape index (κ3) is 2.60. The van der Waals surface area contributed by atoms with Crippen LogP contribution in [0.15, 0.2) is 6.07 Å². The lowest BCUT2D eigenvalue weighted by atomic mass is 9.99. The molecule has 2 heterocycles. The number of nitrogens with one attached hydrogen (secondary N) is 1. The molecule has 15 heavy (non-hydrogen) atoms. The molecule has 1 aliphatic rings. The molecular weight excluding hydrogens is 208 g/mol. The van der Waals surface area contributed by atoms with Gasteiger partial charge in [-0.2, -0.15) is 4.37 Å². The molecule has 1 aliphatic heterocycles. The van der Waals surface area contributed by atoms with E-state index in [0.29, 0.717) is 17.9 Å². The number of nitrogen functional groups attached to an aromatic ring is 1. The van der Waals surface area contributed by atoms with Gasteiger partial charge in [-0.05, 0) is 38.3 Å². The lowest BCUT2D eigenvalue weighted by Crippen LogP contribution is -2.42. The van der Waals surface area contributed by atoms with Crippen molar-refractivity contribution in [2.24, 2.45) is 0 Å². The highest BCUT2D eigenvalue weighted by atomic mass is 32.1. The van der Waals surface area contributed by atoms with Crippen LogP contribution in [0.3, 0.4) is 0 Å². The lowest BCUT2D eigenvalue weighted by molar-refractivity contribution is 0.190. The average molecular weight is 226 g/mol. The van der Waals surface area contributed by atoms with E-state index in [0.717, 1.165) is 11.5 Å². The number of nitrogens with two attached hydrogens (primary N) is 1. The van der Waals surface area contributed by atoms with Crippen LogP contribution < -0.4 is 11.1 Å². The number of likely N-dealkylation sites (tertiary alicyclic amines) is 1. The van der Waals surface area contributed by atoms with E-state index in [9.17, 15) is 0 Å². The summed E-state index contributed by atoms with van der Waals surface area (Å²) in [7, 11) is 2.19. The molecular formula is C10H18N4S. The highest BCUT2D eigenvalue weighted by Crippen LogP contribution is 2.23. The minimum atomic E-state index is 0.566. The third-order valence-electron chi connectivity index (χ3n) is 3.08. The maximum Gasteiger partial charge on any atom is 0.139 e. The summed E-state index contributed by atoms with van der Waals surface area (Å²) in [5, 5.41) is 4.59. The van der Waals surface area contributed by atoms with Crippen LogP contribution in [0, 0.1) is 0 Å². The number of piperidine rings is 1. The molecule has 0 spiro atoms. The first-order valence-corrected chi connectivity index (χ1v) is 6.11. The van der Waals surface area contributed by atoms with Crippen LogP contribution in [0.5, 0.6) is 0 Å². The van der Waals surface area contributed by atoms with Crippen LogP contribution in [0.4, 0.5) is 10.8 Å². The molecule has 2 rings (SSSR count). The highest BCUT2D eigenvalue weighted by molar-refractivity contribution is 7.10. The van der Waals surface area contributed by atoms with Gasteiger partial charge >= 0.3 is 0 Å². The van der Waals surface area contributed by atoms with Crippen LogP contribution in [0.25, 0.3) is 0 Å². The molecule has 0 aromatic carbocycles. The first-order chi connectivity index (χ1) is 7.15. The molecule has 2 unspecified atom stereocenters. The molecule has 4 nitrogen and oxygen atoms in total. The zero-order valence-electron chi connectivity index (χ0n) is 9.23. The fraction of sp³-hybridized carbons (Fsp3) is 0.700. The molecule has 5 heteroatoms. The van der Waals surface area contributed by atoms with Crippen molar-refractivity contribution in [3.05, 3.63) is 6.07 Å². The van der Waals surface area contributed by atoms with Crippen molar-refractivity contribution in [2.45, 2.75) is 31.8 Å². The van der Waals surface area contributed by atoms with Crippen molar-refractivity contribution in [3.8, 4) is 0 Å². The van der Waals surface area contributed by atoms with Gasteiger partial charge in [-0.15, -0.1) is 0 Å². The number of aromatic nitrogens is 1. The Morgan fingerprint density at radius 1 is 1.67 bits per heavy atom. The molecule has 3 N–H and O–H groups in total. The fourth-order valence-electron chi connectivity index (χ4n) is 1.98. The molecule has 1 aromatic heterocycles. The van der Waals surface area contributed by atoms with Gasteiger partial charge in [0.1, 0.15) is 10.8 Å². The summed E-state index contributed by atoms with van der Waals surface area (Å²) in [6.45, 7) is 3.43. The Balaban J connectivity index is 1.90. The van der Waals surface area contributed by atoms with Crippen LogP contribution in [0.2, 0.25) is 0 Å². The van der Waals surface area contributed by atoms with E-state index >= 15 is 0 Å². The van der Waals surface area contributed by atoms with Crippen molar-refractivity contribution in [2.75, 3.05) is 24.6 Å². The molecule has 1 aromatic rings. The number of anilines is 2. The van der Waals surface area contributed by atoms with Crippen molar-refractivity contribution in [1.29, 1.82) is 0 Å². The number of hydrogen-bond donors (Lipinski definition) is 2. The van der Waals surface area contributed by atoms with Crippen LogP contribution >= 0.6 is 11.5 Å². The van der Waals surface area contributed by atoms with E-state index in [1.807, 2.05) is 6.07 Å². The maximum atomic E-state index is 5.58. The number of nitrogens with zero attached hydrogens (tertiary/aromatic N) is 2. The number of rotatable bonds is 2. The third-order valence-corrected chi connectivity index (χ3v) is 3.82. The van der Waals surface area contributed by atoms with Crippen molar-refractivity contribution >= 4 is 22.4 Å². The molecule has 1 fully saturated rings. The second kappa shape index (κ2) is 4.37. The van der Waals surface area contributed by atoms with E-state index in [4.69, 9.17) is 5.73 Å². The Hall–Kier alpha value is -0.810. The molecule has 2 atom stereocenters. The van der Waals surface area contributed by atoms with Gasteiger partial charge in [-0.1, -0.05) is 0 Å². The minimum Gasteiger partial charge on any atom is -0.383 e. The Labute approximate surface area is 94.6 Å². The summed E-state index contributed by atoms with van der Waals surface area (Å²) in [5.41, 5.74) is 5.58. The van der Waals surface area contributed by atoms with Gasteiger partial charge in [0.2, 0.25) is 0 Å². The van der Waals surface area contributed by atoms with Gasteiger partial charge in [0.15, 0.2) is 0 Å². The normalized spacial score (nSPS) is 27.9. The van der Waals surface area contributed by atoms with Gasteiger partial charge in [0, 0.05) is 24.7 Å². The smallest absolute Gasteiger partial charge is 0.139 e. The average Bonchev–Trinajstić information content (AvgIpc) is 2.58. The molecule has 84 valence electrons. The quantitative estimate of drug-likeness (QED) is 0.804. The van der Waals surface area contributed by atoms with E-state index < -0.39 is 0 Å². The summed E-state index contributed by atoms with van der Waals surface area (Å²) in [6.07, 6.45) is 2.38. The lowest BCUT2D eigenvalue weighted by Gasteiger charge is -2.35. The summed E-state index contributed by atoms with van der Waals surface area (Å²) in [6, 6.07) is 3.13. The van der Waals surface area contributed by atoms with Crippen LogP contribution in [-0.2, 0) is 0 Å². The standard InChI is InChI=1S/C10H18N4S/c1-7-5-8(3-4-14(7)2)12-10-6-9(11)13-15-10/h6-8,12H,3-5H2,1-2H3,(H2,11,13). The van der Waals surface area contributed by atoms with E-state index in [2.05, 4.69) is 28.6 Å². The molecule has 0 saturated carbocycles. The van der Waals surface area contributed by atoms with E-state index in [1.54, 1.807) is 0 Å². The Kier molecular flexibility index (Phi) is 3.11. The topological polar surface area (TPSA) is 54.2 Å². The summed E-state index contributed by atoms with van der Waals surface area (Å²) in [5.74, 6) is 0.614. The minimum absolute atomic E-state index is 0.566. The predicted octanol–water partition coefficient (Wildman–Crippen LogP) is 1.62. The number of hydrogen-bond acceptors (Lipinski definition) is 5. The van der Waals surface area contributed by atoms with E-state index in [1.165, 1.54) is 24.4 Å². The first-order valence-electron chi connectivity index (χ1n) is 5.34. The molecule has 0 bridgehead atoms. The Bertz CT molecular complexity index is 325. The molecule has 1 saturated heterocycles. The SMILES string of the molecule is CC1CC(Nc2cc(N)ns2)CCN1C. The fourth-order valence-corrected chi connectivity index (χ4v) is 2.63. The molecule has 0 amide bonds. The summed E-state index contributed by atoms with van der Waals surface area (Å²) < 4.78 is 4.06. The Morgan fingerprint density at radius 3 is 3.07 bits per heavy atom. The zero-order valence-corrected chi connectivity index (χ0v) is 10.0. The predicted molar refractivity (Wildman–Crippen MR) is 65.3 cm³/mol. The van der Waals surface area contributed by atoms with Gasteiger partial charge in [0.05, 0.1) is 0 Å². The molecule has 0 aliphatic carbocycles. The highest BCUT2D eigenvalue weighted by Gasteiger charge is 2.22. The van der Waals surface area contributed by atoms with Crippen molar-refractivity contribution < 1.29 is 0 Å². The van der Waals surface area contributed by atoms with Crippen LogP contribution in [0.1, 0.15) is 19.8 Å². The maximum absolute atomic E-state index is 5.58. The first kappa shape index (κ1) is 10.7. The monoisotopic (exact) mass is 226 g/mol. The Morgan fingerprint density at radius 2 is 2.47 bits per heavy atom. The second-order valence-electron chi connectivity index (χ2n) is 4.31. The van der Waals surface area contributed by atoms with E-state index in [-0.39, 0.29) is 0 Å². The van der Waals surface area contributed by atoms with Crippen LogP contribution in [-0.4, -0.2) is 34.9 Å². The second-order valence-corrected chi connectivity index (χ2v) is 5.12. The van der Waals surface area contributed by atoms with Crippen molar-refractivity contribution in [1.82, 2.24) is 9.27 Å². The molecule has 0 radical (unpaired) electrons. The van der Waals surface area contributed by atoms with Crippen molar-refractivity contribution in [3.63, 3.8) is 0 Å². The summed E-state index contributed by atoms with van der Waals surface area (Å²) in [4.78, 5) is 2.40. The zero-order chi connectivity index (χ0) is 10.8. The van der Waals surface area contributed by atoms with Gasteiger partial charge < -0.3 is 16.0 Å².